The highest BCUT2D eigenvalue weighted by atomic mass is 16.5. The van der Waals surface area contributed by atoms with Crippen molar-refractivity contribution in [1.82, 2.24) is 10.2 Å². The molecule has 8 rings (SSSR count). The van der Waals surface area contributed by atoms with Crippen molar-refractivity contribution in [2.24, 2.45) is 17.8 Å². The van der Waals surface area contributed by atoms with E-state index in [0.717, 1.165) is 30.7 Å². The molecule has 5 unspecified atom stereocenters. The first-order chi connectivity index (χ1) is 17.7. The molecule has 0 spiro atoms. The Morgan fingerprint density at radius 3 is 2.33 bits per heavy atom. The van der Waals surface area contributed by atoms with Crippen LogP contribution in [-0.2, 0) is 0 Å². The van der Waals surface area contributed by atoms with Gasteiger partial charge < -0.3 is 10.1 Å². The Labute approximate surface area is 216 Å². The number of nitrogens with zero attached hydrogens (tertiary/aromatic N) is 1. The molecule has 4 nitrogen and oxygen atoms in total. The third-order valence-electron chi connectivity index (χ3n) is 9.82. The zero-order chi connectivity index (χ0) is 24.6. The Bertz CT molecular complexity index is 1070. The molecule has 6 aliphatic rings. The maximum Gasteiger partial charge on any atom is 0.251 e. The molecule has 6 fully saturated rings. The monoisotopic (exact) mass is 484 g/mol. The molecule has 3 heterocycles. The Morgan fingerprint density at radius 1 is 1.00 bits per heavy atom. The van der Waals surface area contributed by atoms with E-state index in [-0.39, 0.29) is 5.91 Å². The molecule has 3 aliphatic carbocycles. The lowest BCUT2D eigenvalue weighted by atomic mass is 9.51. The SMILES string of the molecule is C=CCN1C2CCC3C(C(c4ccc(C(=O)NC5CCCC5)cc4)c4cccc(OC)c4)C2CCC31. The standard InChI is InChI=1S/C32H40N2O2/c1-3-19-34-28-17-15-26-29(34)18-16-27(28)31(26)30(23-7-6-10-25(20-23)36-2)21-11-13-22(14-12-21)32(35)33-24-8-4-5-9-24/h3,6-7,10-14,20,24,26-31H,1,4-5,8-9,15-19H2,2H3,(H,33,35). The molecule has 2 aromatic carbocycles. The van der Waals surface area contributed by atoms with Crippen molar-refractivity contribution in [3.63, 3.8) is 0 Å². The number of carbonyl (C=O) groups is 1. The lowest BCUT2D eigenvalue weighted by Crippen LogP contribution is -2.67. The average Bonchev–Trinajstić information content (AvgIpc) is 3.42. The van der Waals surface area contributed by atoms with Crippen LogP contribution >= 0.6 is 0 Å². The molecular formula is C32H40N2O2. The summed E-state index contributed by atoms with van der Waals surface area (Å²) in [5, 5.41) is 3.25. The maximum atomic E-state index is 12.9. The molecule has 0 radical (unpaired) electrons. The maximum absolute atomic E-state index is 12.9. The number of piperidine rings is 3. The second kappa shape index (κ2) is 10.0. The Hall–Kier alpha value is -2.59. The Balaban J connectivity index is 1.33. The van der Waals surface area contributed by atoms with E-state index in [2.05, 4.69) is 65.3 Å². The second-order valence-corrected chi connectivity index (χ2v) is 11.5. The van der Waals surface area contributed by atoms with E-state index in [0.29, 0.717) is 41.8 Å². The van der Waals surface area contributed by atoms with E-state index in [1.165, 1.54) is 49.7 Å². The zero-order valence-electron chi connectivity index (χ0n) is 21.6. The second-order valence-electron chi connectivity index (χ2n) is 11.5. The zero-order valence-corrected chi connectivity index (χ0v) is 21.6. The number of hydrogen-bond donors (Lipinski definition) is 1. The lowest BCUT2D eigenvalue weighted by molar-refractivity contribution is -0.134. The molecule has 5 atom stereocenters. The van der Waals surface area contributed by atoms with Gasteiger partial charge in [-0.15, -0.1) is 6.58 Å². The van der Waals surface area contributed by atoms with Crippen LogP contribution in [0.1, 0.15) is 78.8 Å². The molecule has 1 amide bonds. The molecule has 1 N–H and O–H groups in total. The molecule has 190 valence electrons. The summed E-state index contributed by atoms with van der Waals surface area (Å²) in [5.74, 6) is 3.34. The molecule has 3 saturated heterocycles. The predicted octanol–water partition coefficient (Wildman–Crippen LogP) is 6.17. The summed E-state index contributed by atoms with van der Waals surface area (Å²) >= 11 is 0. The van der Waals surface area contributed by atoms with Gasteiger partial charge in [0.25, 0.3) is 5.91 Å². The van der Waals surface area contributed by atoms with Gasteiger partial charge in [-0.2, -0.15) is 0 Å². The smallest absolute Gasteiger partial charge is 0.251 e. The highest BCUT2D eigenvalue weighted by molar-refractivity contribution is 5.94. The van der Waals surface area contributed by atoms with Gasteiger partial charge in [-0.3, -0.25) is 9.69 Å². The van der Waals surface area contributed by atoms with Crippen LogP contribution in [0, 0.1) is 17.8 Å². The Morgan fingerprint density at radius 2 is 1.69 bits per heavy atom. The van der Waals surface area contributed by atoms with Gasteiger partial charge in [-0.05, 0) is 91.7 Å². The number of nitrogens with one attached hydrogen (secondary N) is 1. The summed E-state index contributed by atoms with van der Waals surface area (Å²) in [7, 11) is 1.75. The summed E-state index contributed by atoms with van der Waals surface area (Å²) < 4.78 is 5.64. The number of fused-ring (bicyclic) bond motifs is 2. The van der Waals surface area contributed by atoms with Crippen LogP contribution in [0.3, 0.4) is 0 Å². The topological polar surface area (TPSA) is 41.6 Å². The van der Waals surface area contributed by atoms with Crippen molar-refractivity contribution in [2.75, 3.05) is 13.7 Å². The summed E-state index contributed by atoms with van der Waals surface area (Å²) in [6, 6.07) is 18.9. The molecule has 0 aromatic heterocycles. The predicted molar refractivity (Wildman–Crippen MR) is 144 cm³/mol. The summed E-state index contributed by atoms with van der Waals surface area (Å²) in [6.45, 7) is 5.07. The van der Waals surface area contributed by atoms with Crippen LogP contribution in [-0.4, -0.2) is 42.6 Å². The first-order valence-corrected chi connectivity index (χ1v) is 14.1. The minimum Gasteiger partial charge on any atom is -0.497 e. The summed E-state index contributed by atoms with van der Waals surface area (Å²) in [4.78, 5) is 15.7. The lowest BCUT2D eigenvalue weighted by Gasteiger charge is -2.64. The molecular weight excluding hydrogens is 444 g/mol. The van der Waals surface area contributed by atoms with Crippen LogP contribution in [0.5, 0.6) is 5.75 Å². The number of benzene rings is 2. The van der Waals surface area contributed by atoms with Crippen LogP contribution in [0.4, 0.5) is 0 Å². The van der Waals surface area contributed by atoms with Gasteiger partial charge in [-0.1, -0.05) is 43.2 Å². The van der Waals surface area contributed by atoms with Crippen LogP contribution in [0.15, 0.2) is 61.2 Å². The first kappa shape index (κ1) is 23.8. The fourth-order valence-corrected chi connectivity index (χ4v) is 8.39. The molecule has 4 heteroatoms. The van der Waals surface area contributed by atoms with Gasteiger partial charge in [-0.25, -0.2) is 0 Å². The number of ether oxygens (including phenoxy) is 1. The van der Waals surface area contributed by atoms with Gasteiger partial charge in [0.05, 0.1) is 7.11 Å². The highest BCUT2D eigenvalue weighted by Gasteiger charge is 2.57. The number of amides is 1. The van der Waals surface area contributed by atoms with Gasteiger partial charge in [0.2, 0.25) is 0 Å². The first-order valence-electron chi connectivity index (χ1n) is 14.1. The van der Waals surface area contributed by atoms with Gasteiger partial charge in [0, 0.05) is 36.2 Å². The normalized spacial score (nSPS) is 30.3. The summed E-state index contributed by atoms with van der Waals surface area (Å²) in [6.07, 6.45) is 12.1. The third-order valence-corrected chi connectivity index (χ3v) is 9.82. The number of rotatable bonds is 8. The minimum absolute atomic E-state index is 0.0715. The average molecular weight is 485 g/mol. The van der Waals surface area contributed by atoms with E-state index >= 15 is 0 Å². The van der Waals surface area contributed by atoms with E-state index < -0.39 is 0 Å². The van der Waals surface area contributed by atoms with Crippen molar-refractivity contribution < 1.29 is 9.53 Å². The molecule has 36 heavy (non-hydrogen) atoms. The quantitative estimate of drug-likeness (QED) is 0.455. The van der Waals surface area contributed by atoms with E-state index in [4.69, 9.17) is 4.74 Å². The molecule has 4 bridgehead atoms. The molecule has 2 aromatic rings. The third kappa shape index (κ3) is 4.18. The molecule has 3 saturated carbocycles. The number of methoxy groups -OCH3 is 1. The largest absolute Gasteiger partial charge is 0.497 e. The summed E-state index contributed by atoms with van der Waals surface area (Å²) in [5.41, 5.74) is 3.45. The van der Waals surface area contributed by atoms with Crippen molar-refractivity contribution in [3.8, 4) is 5.75 Å². The minimum atomic E-state index is 0.0715. The number of hydrogen-bond acceptors (Lipinski definition) is 3. The van der Waals surface area contributed by atoms with E-state index in [9.17, 15) is 4.79 Å². The van der Waals surface area contributed by atoms with Gasteiger partial charge in [0.1, 0.15) is 5.75 Å². The van der Waals surface area contributed by atoms with Gasteiger partial charge in [0.15, 0.2) is 0 Å². The van der Waals surface area contributed by atoms with Crippen molar-refractivity contribution >= 4 is 5.91 Å². The van der Waals surface area contributed by atoms with Crippen LogP contribution < -0.4 is 10.1 Å². The van der Waals surface area contributed by atoms with Crippen LogP contribution in [0.2, 0.25) is 0 Å². The van der Waals surface area contributed by atoms with E-state index in [1.807, 2.05) is 6.07 Å². The fourth-order valence-electron chi connectivity index (χ4n) is 8.39. The van der Waals surface area contributed by atoms with Crippen molar-refractivity contribution in [2.45, 2.75) is 75.4 Å². The van der Waals surface area contributed by atoms with Crippen molar-refractivity contribution in [1.29, 1.82) is 0 Å². The fraction of sp³-hybridized carbons (Fsp3) is 0.531. The van der Waals surface area contributed by atoms with Gasteiger partial charge >= 0.3 is 0 Å². The molecule has 3 aliphatic heterocycles. The Kier molecular flexibility index (Phi) is 6.64. The van der Waals surface area contributed by atoms with Crippen molar-refractivity contribution in [3.05, 3.63) is 77.9 Å². The van der Waals surface area contributed by atoms with Crippen LogP contribution in [0.25, 0.3) is 0 Å². The highest BCUT2D eigenvalue weighted by Crippen LogP contribution is 2.59. The number of carbonyl (C=O) groups excluding carboxylic acids is 1. The van der Waals surface area contributed by atoms with E-state index in [1.54, 1.807) is 7.11 Å².